The number of carbonyl (C=O) groups excluding carboxylic acids is 4. The number of alkyl halides is 1. The number of nitrogens with zero attached hydrogens (tertiary/aromatic N) is 3. The molecule has 9 atom stereocenters. The number of fused-ring (bicyclic) bond motifs is 1. The molecule has 0 aliphatic carbocycles. The molecule has 5 rings (SSSR count). The number of benzene rings is 2. The van der Waals surface area contributed by atoms with Gasteiger partial charge in [0.1, 0.15) is 17.7 Å². The van der Waals surface area contributed by atoms with Crippen LogP contribution in [-0.2, 0) is 28.7 Å². The van der Waals surface area contributed by atoms with E-state index in [9.17, 15) is 24.3 Å². The van der Waals surface area contributed by atoms with E-state index in [0.29, 0.717) is 30.5 Å². The molecule has 1 N–H and O–H groups in total. The highest BCUT2D eigenvalue weighted by molar-refractivity contribution is 9.09. The van der Waals surface area contributed by atoms with Gasteiger partial charge in [-0.3, -0.25) is 19.2 Å². The lowest BCUT2D eigenvalue weighted by molar-refractivity contribution is -0.165. The summed E-state index contributed by atoms with van der Waals surface area (Å²) in [6.07, 6.45) is 5.54. The first-order valence-corrected chi connectivity index (χ1v) is 19.3. The van der Waals surface area contributed by atoms with Gasteiger partial charge in [0.25, 0.3) is 0 Å². The Labute approximate surface area is 315 Å². The Balaban J connectivity index is 1.55. The topological polar surface area (TPSA) is 117 Å². The highest BCUT2D eigenvalue weighted by atomic mass is 79.9. The molecular formula is C41H52BrN3O7. The number of hydrogen-bond donors (Lipinski definition) is 1. The summed E-state index contributed by atoms with van der Waals surface area (Å²) in [5.74, 6) is -3.57. The second-order valence-electron chi connectivity index (χ2n) is 14.1. The minimum atomic E-state index is -1.35. The number of esters is 1. The van der Waals surface area contributed by atoms with Crippen LogP contribution in [0.2, 0.25) is 0 Å². The molecular weight excluding hydrogens is 726 g/mol. The van der Waals surface area contributed by atoms with Crippen molar-refractivity contribution in [1.29, 1.82) is 0 Å². The lowest BCUT2D eigenvalue weighted by atomic mass is 9.70. The van der Waals surface area contributed by atoms with E-state index in [-0.39, 0.29) is 29.6 Å². The summed E-state index contributed by atoms with van der Waals surface area (Å²) >= 11 is 3.76. The molecule has 280 valence electrons. The van der Waals surface area contributed by atoms with Crippen LogP contribution >= 0.6 is 15.9 Å². The summed E-state index contributed by atoms with van der Waals surface area (Å²) in [7, 11) is 1.69. The van der Waals surface area contributed by atoms with Gasteiger partial charge < -0.3 is 29.3 Å². The summed E-state index contributed by atoms with van der Waals surface area (Å²) in [5.41, 5.74) is 0.0128. The largest absolute Gasteiger partial charge is 0.455 e. The summed E-state index contributed by atoms with van der Waals surface area (Å²) in [6.45, 7) is 11.8. The molecule has 3 aliphatic rings. The maximum absolute atomic E-state index is 15.0. The van der Waals surface area contributed by atoms with Crippen molar-refractivity contribution in [3.8, 4) is 0 Å². The van der Waals surface area contributed by atoms with Crippen LogP contribution in [0.3, 0.4) is 0 Å². The van der Waals surface area contributed by atoms with Gasteiger partial charge in [0.2, 0.25) is 17.7 Å². The summed E-state index contributed by atoms with van der Waals surface area (Å²) in [4.78, 5) is 62.0. The molecule has 52 heavy (non-hydrogen) atoms. The predicted molar refractivity (Wildman–Crippen MR) is 202 cm³/mol. The molecule has 3 amide bonds. The fourth-order valence-corrected chi connectivity index (χ4v) is 9.22. The Hall–Kier alpha value is -3.80. The molecule has 2 aromatic carbocycles. The Kier molecular flexibility index (Phi) is 13.1. The van der Waals surface area contributed by atoms with Gasteiger partial charge in [-0.1, -0.05) is 109 Å². The number of likely N-dealkylation sites (N-methyl/N-ethyl adjacent to an activating group) is 1. The van der Waals surface area contributed by atoms with Crippen molar-refractivity contribution in [2.75, 3.05) is 26.7 Å². The molecule has 1 spiro atoms. The quantitative estimate of drug-likeness (QED) is 0.0885. The smallest absolute Gasteiger partial charge is 0.313 e. The Bertz CT molecular complexity index is 1590. The van der Waals surface area contributed by atoms with Crippen molar-refractivity contribution in [2.24, 2.45) is 11.8 Å². The van der Waals surface area contributed by atoms with Crippen molar-refractivity contribution < 1.29 is 33.8 Å². The van der Waals surface area contributed by atoms with Crippen LogP contribution < -0.4 is 0 Å². The van der Waals surface area contributed by atoms with Crippen LogP contribution in [0.5, 0.6) is 0 Å². The van der Waals surface area contributed by atoms with Gasteiger partial charge in [-0.05, 0) is 37.3 Å². The minimum Gasteiger partial charge on any atom is -0.455 e. The fraction of sp³-hybridized carbons (Fsp3) is 0.512. The summed E-state index contributed by atoms with van der Waals surface area (Å²) in [5, 5.41) is 10.9. The van der Waals surface area contributed by atoms with Crippen LogP contribution in [0.4, 0.5) is 0 Å². The van der Waals surface area contributed by atoms with E-state index in [2.05, 4.69) is 36.0 Å². The van der Waals surface area contributed by atoms with E-state index in [1.165, 1.54) is 4.90 Å². The number of unbranched alkanes of at least 4 members (excludes halogenated alkanes) is 2. The van der Waals surface area contributed by atoms with Gasteiger partial charge in [-0.2, -0.15) is 0 Å². The van der Waals surface area contributed by atoms with Crippen LogP contribution in [0, 0.1) is 11.8 Å². The van der Waals surface area contributed by atoms with Crippen molar-refractivity contribution >= 4 is 39.6 Å². The molecule has 3 fully saturated rings. The molecule has 3 heterocycles. The van der Waals surface area contributed by atoms with E-state index >= 15 is 0 Å². The Morgan fingerprint density at radius 2 is 1.73 bits per heavy atom. The third-order valence-electron chi connectivity index (χ3n) is 11.0. The minimum absolute atomic E-state index is 0.117. The highest BCUT2D eigenvalue weighted by Gasteiger charge is 2.77. The van der Waals surface area contributed by atoms with Crippen molar-refractivity contribution in [2.45, 2.75) is 93.1 Å². The van der Waals surface area contributed by atoms with E-state index in [1.807, 2.05) is 67.6 Å². The van der Waals surface area contributed by atoms with Gasteiger partial charge in [0.15, 0.2) is 0 Å². The van der Waals surface area contributed by atoms with Gasteiger partial charge in [-0.15, -0.1) is 13.2 Å². The zero-order valence-electron chi connectivity index (χ0n) is 30.4. The standard InChI is InChI=1S/C41H52BrN3O7/c1-6-9-17-24-44(23-8-3)39(49)37-41-25-30(42)36(52-41)33(34(41)38(48)45(37)31(26-46)28-18-13-11-14-19-28)40(50)51-35(29-20-15-12-16-21-29)27(4)43(5)32(47)22-10-7-2/h7-8,11-16,18-21,27,30-31,33-37,46H,2-3,6,9-10,17,22-26H2,1,4-5H3/t27-,30?,31+,33+,34-,35+,36+,37+,41-/m0/s1. The number of hydrogen-bond acceptors (Lipinski definition) is 7. The number of carbonyl (C=O) groups is 4. The molecule has 3 saturated heterocycles. The van der Waals surface area contributed by atoms with E-state index < -0.39 is 66.3 Å². The van der Waals surface area contributed by atoms with Crippen molar-refractivity contribution in [3.63, 3.8) is 0 Å². The number of aliphatic hydroxyl groups excluding tert-OH is 1. The SMILES string of the molecule is C=CCCC(=O)N(C)[C@@H](C)[C@@H](OC(=O)[C@H]1[C@@H]2O[C@@]3(CC2Br)[C@@H]1C(=O)N([C@H](CO)c1ccccc1)[C@@H]3C(=O)N(CC=C)CCCCC)c1ccccc1. The first-order chi connectivity index (χ1) is 25.1. The van der Waals surface area contributed by atoms with Crippen LogP contribution in [0.15, 0.2) is 86.0 Å². The maximum atomic E-state index is 15.0. The van der Waals surface area contributed by atoms with Gasteiger partial charge in [0.05, 0.1) is 36.6 Å². The Morgan fingerprint density at radius 1 is 1.08 bits per heavy atom. The number of likely N-dealkylation sites (tertiary alicyclic amines) is 1. The lowest BCUT2D eigenvalue weighted by Gasteiger charge is -2.39. The second kappa shape index (κ2) is 17.4. The molecule has 11 heteroatoms. The van der Waals surface area contributed by atoms with E-state index in [4.69, 9.17) is 9.47 Å². The molecule has 0 radical (unpaired) electrons. The zero-order valence-corrected chi connectivity index (χ0v) is 32.0. The number of halogens is 1. The Morgan fingerprint density at radius 3 is 2.33 bits per heavy atom. The number of amides is 3. The second-order valence-corrected chi connectivity index (χ2v) is 15.3. The number of allylic oxidation sites excluding steroid dienone is 1. The number of rotatable bonds is 18. The van der Waals surface area contributed by atoms with Crippen LogP contribution in [0.25, 0.3) is 0 Å². The molecule has 0 aromatic heterocycles. The zero-order chi connectivity index (χ0) is 37.6. The molecule has 3 aliphatic heterocycles. The summed E-state index contributed by atoms with van der Waals surface area (Å²) < 4.78 is 13.2. The van der Waals surface area contributed by atoms with Crippen molar-refractivity contribution in [1.82, 2.24) is 14.7 Å². The third-order valence-corrected chi connectivity index (χ3v) is 11.8. The monoisotopic (exact) mass is 777 g/mol. The van der Waals surface area contributed by atoms with E-state index in [1.54, 1.807) is 29.0 Å². The molecule has 0 saturated carbocycles. The normalized spacial score (nSPS) is 26.3. The molecule has 1 unspecified atom stereocenters. The third kappa shape index (κ3) is 7.50. The molecule has 2 bridgehead atoms. The average molecular weight is 779 g/mol. The molecule has 10 nitrogen and oxygen atoms in total. The van der Waals surface area contributed by atoms with Gasteiger partial charge in [0, 0.05) is 31.4 Å². The number of aliphatic hydroxyl groups is 1. The molecule has 2 aromatic rings. The van der Waals surface area contributed by atoms with Gasteiger partial charge >= 0.3 is 5.97 Å². The van der Waals surface area contributed by atoms with E-state index in [0.717, 1.165) is 19.3 Å². The summed E-state index contributed by atoms with van der Waals surface area (Å²) in [6, 6.07) is 15.9. The highest BCUT2D eigenvalue weighted by Crippen LogP contribution is 2.61. The van der Waals surface area contributed by atoms with Crippen molar-refractivity contribution in [3.05, 3.63) is 97.1 Å². The van der Waals surface area contributed by atoms with Crippen LogP contribution in [0.1, 0.15) is 75.6 Å². The average Bonchev–Trinajstić information content (AvgIpc) is 3.76. The van der Waals surface area contributed by atoms with Gasteiger partial charge in [-0.25, -0.2) is 0 Å². The van der Waals surface area contributed by atoms with Crippen LogP contribution in [-0.4, -0.2) is 98.9 Å². The first-order valence-electron chi connectivity index (χ1n) is 18.4. The first kappa shape index (κ1) is 39.4. The maximum Gasteiger partial charge on any atom is 0.313 e. The predicted octanol–water partition coefficient (Wildman–Crippen LogP) is 5.77. The fourth-order valence-electron chi connectivity index (χ4n) is 8.28. The number of ether oxygens (including phenoxy) is 2. The lowest BCUT2D eigenvalue weighted by Crippen LogP contribution is -2.57.